The third-order valence-electron chi connectivity index (χ3n) is 4.72. The Morgan fingerprint density at radius 2 is 2.10 bits per heavy atom. The van der Waals surface area contributed by atoms with Gasteiger partial charge in [0, 0.05) is 37.8 Å². The van der Waals surface area contributed by atoms with Gasteiger partial charge in [-0.15, -0.1) is 0 Å². The van der Waals surface area contributed by atoms with Crippen molar-refractivity contribution in [1.29, 1.82) is 0 Å². The monoisotopic (exact) mass is 279 g/mol. The molecule has 2 aliphatic rings. The summed E-state index contributed by atoms with van der Waals surface area (Å²) in [6, 6.07) is 1.09. The van der Waals surface area contributed by atoms with Gasteiger partial charge in [0.25, 0.3) is 0 Å². The summed E-state index contributed by atoms with van der Waals surface area (Å²) in [7, 11) is 0. The molecule has 5 nitrogen and oxygen atoms in total. The molecule has 0 aliphatic carbocycles. The van der Waals surface area contributed by atoms with Crippen molar-refractivity contribution in [3.8, 4) is 0 Å². The summed E-state index contributed by atoms with van der Waals surface area (Å²) in [5, 5.41) is 4.07. The van der Waals surface area contributed by atoms with E-state index in [4.69, 9.17) is 9.26 Å². The van der Waals surface area contributed by atoms with E-state index < -0.39 is 0 Å². The number of ether oxygens (including phenoxy) is 1. The molecule has 2 fully saturated rings. The Kier molecular flexibility index (Phi) is 3.84. The highest BCUT2D eigenvalue weighted by molar-refractivity contribution is 5.21. The molecule has 3 heterocycles. The highest BCUT2D eigenvalue weighted by atomic mass is 16.5. The van der Waals surface area contributed by atoms with Crippen LogP contribution in [0.4, 0.5) is 0 Å². The lowest BCUT2D eigenvalue weighted by Gasteiger charge is -2.36. The van der Waals surface area contributed by atoms with Gasteiger partial charge in [0.2, 0.25) is 0 Å². The molecule has 2 atom stereocenters. The van der Waals surface area contributed by atoms with E-state index in [-0.39, 0.29) is 0 Å². The smallest absolute Gasteiger partial charge is 0.138 e. The Morgan fingerprint density at radius 1 is 1.30 bits per heavy atom. The fourth-order valence-electron chi connectivity index (χ4n) is 3.34. The van der Waals surface area contributed by atoms with Gasteiger partial charge < -0.3 is 9.26 Å². The fraction of sp³-hybridized carbons (Fsp3) is 0.800. The predicted molar refractivity (Wildman–Crippen MR) is 76.6 cm³/mol. The predicted octanol–water partition coefficient (Wildman–Crippen LogP) is 1.58. The van der Waals surface area contributed by atoms with Gasteiger partial charge in [-0.05, 0) is 27.7 Å². The van der Waals surface area contributed by atoms with E-state index in [1.54, 1.807) is 0 Å². The number of aromatic nitrogens is 1. The van der Waals surface area contributed by atoms with Crippen molar-refractivity contribution in [2.75, 3.05) is 26.2 Å². The highest BCUT2D eigenvalue weighted by Crippen LogP contribution is 2.27. The van der Waals surface area contributed by atoms with Crippen LogP contribution in [0.1, 0.15) is 30.9 Å². The van der Waals surface area contributed by atoms with Gasteiger partial charge in [0.15, 0.2) is 0 Å². The maximum atomic E-state index is 5.97. The Hall–Kier alpha value is -0.910. The van der Waals surface area contributed by atoms with Crippen LogP contribution in [-0.4, -0.2) is 59.4 Å². The molecule has 0 N–H and O–H groups in total. The zero-order chi connectivity index (χ0) is 14.3. The van der Waals surface area contributed by atoms with Gasteiger partial charge in [-0.3, -0.25) is 9.80 Å². The Bertz CT molecular complexity index is 452. The average Bonchev–Trinajstić information content (AvgIpc) is 2.98. The summed E-state index contributed by atoms with van der Waals surface area (Å²) in [5.74, 6) is 0.948. The van der Waals surface area contributed by atoms with Gasteiger partial charge in [-0.2, -0.15) is 0 Å². The number of morpholine rings is 1. The molecule has 1 aromatic heterocycles. The number of hydrogen-bond donors (Lipinski definition) is 0. The first-order valence-corrected chi connectivity index (χ1v) is 7.57. The van der Waals surface area contributed by atoms with Gasteiger partial charge in [-0.1, -0.05) is 5.16 Å². The topological polar surface area (TPSA) is 41.7 Å². The largest absolute Gasteiger partial charge is 0.374 e. The molecule has 0 saturated carbocycles. The molecule has 112 valence electrons. The standard InChI is InChI=1S/C15H25N3O2/c1-10(2)18-8-14-15(9-18)19-6-5-17(14)7-13-11(3)16-20-12(13)4/h10,14-15H,5-9H2,1-4H3/t14-,15+/m1/s1. The minimum Gasteiger partial charge on any atom is -0.374 e. The number of fused-ring (bicyclic) bond motifs is 1. The maximum Gasteiger partial charge on any atom is 0.138 e. The van der Waals surface area contributed by atoms with Crippen molar-refractivity contribution in [3.63, 3.8) is 0 Å². The van der Waals surface area contributed by atoms with E-state index in [9.17, 15) is 0 Å². The third-order valence-corrected chi connectivity index (χ3v) is 4.72. The Balaban J connectivity index is 1.73. The number of rotatable bonds is 3. The molecule has 0 bridgehead atoms. The summed E-state index contributed by atoms with van der Waals surface area (Å²) in [5.41, 5.74) is 2.26. The van der Waals surface area contributed by atoms with Crippen molar-refractivity contribution in [3.05, 3.63) is 17.0 Å². The van der Waals surface area contributed by atoms with E-state index in [2.05, 4.69) is 28.8 Å². The summed E-state index contributed by atoms with van der Waals surface area (Å²) in [4.78, 5) is 5.06. The number of aryl methyl sites for hydroxylation is 2. The van der Waals surface area contributed by atoms with Crippen LogP contribution in [0.3, 0.4) is 0 Å². The van der Waals surface area contributed by atoms with Crippen molar-refractivity contribution in [2.45, 2.75) is 52.4 Å². The van der Waals surface area contributed by atoms with Crippen molar-refractivity contribution in [2.24, 2.45) is 0 Å². The molecule has 0 spiro atoms. The summed E-state index contributed by atoms with van der Waals surface area (Å²) in [6.07, 6.45) is 0.353. The minimum atomic E-state index is 0.353. The van der Waals surface area contributed by atoms with Gasteiger partial charge >= 0.3 is 0 Å². The molecular formula is C15H25N3O2. The van der Waals surface area contributed by atoms with E-state index in [1.165, 1.54) is 5.56 Å². The summed E-state index contributed by atoms with van der Waals surface area (Å²) >= 11 is 0. The third kappa shape index (κ3) is 2.50. The first-order chi connectivity index (χ1) is 9.56. The van der Waals surface area contributed by atoms with Crippen LogP contribution < -0.4 is 0 Å². The summed E-state index contributed by atoms with van der Waals surface area (Å²) < 4.78 is 11.3. The minimum absolute atomic E-state index is 0.353. The first-order valence-electron chi connectivity index (χ1n) is 7.57. The molecule has 20 heavy (non-hydrogen) atoms. The molecule has 0 radical (unpaired) electrons. The van der Waals surface area contributed by atoms with Crippen LogP contribution in [0.25, 0.3) is 0 Å². The van der Waals surface area contributed by atoms with Gasteiger partial charge in [0.05, 0.1) is 24.4 Å². The number of nitrogens with zero attached hydrogens (tertiary/aromatic N) is 3. The highest BCUT2D eigenvalue weighted by Gasteiger charge is 2.40. The zero-order valence-electron chi connectivity index (χ0n) is 12.9. The quantitative estimate of drug-likeness (QED) is 0.840. The Morgan fingerprint density at radius 3 is 2.75 bits per heavy atom. The second-order valence-electron chi connectivity index (χ2n) is 6.30. The lowest BCUT2D eigenvalue weighted by atomic mass is 10.1. The molecule has 0 aromatic carbocycles. The molecule has 2 aliphatic heterocycles. The van der Waals surface area contributed by atoms with Crippen LogP contribution >= 0.6 is 0 Å². The zero-order valence-corrected chi connectivity index (χ0v) is 12.9. The second-order valence-corrected chi connectivity index (χ2v) is 6.30. The van der Waals surface area contributed by atoms with Crippen molar-refractivity contribution >= 4 is 0 Å². The molecule has 5 heteroatoms. The van der Waals surface area contributed by atoms with Gasteiger partial charge in [-0.25, -0.2) is 0 Å². The molecule has 2 saturated heterocycles. The van der Waals surface area contributed by atoms with Crippen molar-refractivity contribution < 1.29 is 9.26 Å². The average molecular weight is 279 g/mol. The van der Waals surface area contributed by atoms with Crippen molar-refractivity contribution in [1.82, 2.24) is 15.0 Å². The second kappa shape index (κ2) is 5.47. The van der Waals surface area contributed by atoms with Crippen LogP contribution in [0.2, 0.25) is 0 Å². The maximum absolute atomic E-state index is 5.97. The Labute approximate surface area is 120 Å². The molecule has 1 aromatic rings. The van der Waals surface area contributed by atoms with E-state index in [1.807, 2.05) is 13.8 Å². The first kappa shape index (κ1) is 14.0. The van der Waals surface area contributed by atoms with E-state index >= 15 is 0 Å². The van der Waals surface area contributed by atoms with Gasteiger partial charge in [0.1, 0.15) is 5.76 Å². The van der Waals surface area contributed by atoms with Crippen LogP contribution in [0, 0.1) is 13.8 Å². The van der Waals surface area contributed by atoms with Crippen LogP contribution in [0.5, 0.6) is 0 Å². The molecule has 0 unspecified atom stereocenters. The van der Waals surface area contributed by atoms with Crippen LogP contribution in [-0.2, 0) is 11.3 Å². The molecular weight excluding hydrogens is 254 g/mol. The SMILES string of the molecule is Cc1noc(C)c1CN1CCO[C@H]2CN(C(C)C)C[C@H]21. The number of likely N-dealkylation sites (tertiary alicyclic amines) is 1. The molecule has 3 rings (SSSR count). The normalized spacial score (nSPS) is 28.2. The number of hydrogen-bond acceptors (Lipinski definition) is 5. The van der Waals surface area contributed by atoms with Crippen LogP contribution in [0.15, 0.2) is 4.52 Å². The molecule has 0 amide bonds. The van der Waals surface area contributed by atoms with E-state index in [0.717, 1.165) is 44.2 Å². The van der Waals surface area contributed by atoms with E-state index in [0.29, 0.717) is 18.2 Å². The lowest BCUT2D eigenvalue weighted by molar-refractivity contribution is -0.0506. The summed E-state index contributed by atoms with van der Waals surface area (Å²) in [6.45, 7) is 13.5. The fourth-order valence-corrected chi connectivity index (χ4v) is 3.34. The lowest BCUT2D eigenvalue weighted by Crippen LogP contribution is -2.50.